The van der Waals surface area contributed by atoms with Crippen molar-refractivity contribution in [2.45, 2.75) is 32.2 Å². The number of hydrogen-bond donors (Lipinski definition) is 3. The van der Waals surface area contributed by atoms with Gasteiger partial charge >= 0.3 is 0 Å². The maximum Gasteiger partial charge on any atom is 0.220 e. The molecule has 1 aliphatic heterocycles. The molecule has 3 unspecified atom stereocenters. The molecule has 1 amide bonds. The van der Waals surface area contributed by atoms with E-state index in [0.717, 1.165) is 38.1 Å². The predicted octanol–water partition coefficient (Wildman–Crippen LogP) is 2.11. The minimum absolute atomic E-state index is 0.0824. The number of nitrogens with one attached hydrogen (secondary N) is 2. The molecule has 1 saturated heterocycles. The molecule has 3 atom stereocenters. The summed E-state index contributed by atoms with van der Waals surface area (Å²) in [5.74, 6) is -0.605. The van der Waals surface area contributed by atoms with Crippen LogP contribution < -0.4 is 16.4 Å². The third-order valence-corrected chi connectivity index (χ3v) is 4.53. The van der Waals surface area contributed by atoms with Crippen LogP contribution in [0, 0.1) is 23.5 Å². The van der Waals surface area contributed by atoms with E-state index in [-0.39, 0.29) is 18.0 Å². The number of nitrogens with two attached hydrogens (primary N) is 1. The lowest BCUT2D eigenvalue weighted by Gasteiger charge is -2.28. The Kier molecular flexibility index (Phi) is 6.47. The molecule has 4 N–H and O–H groups in total. The second-order valence-corrected chi connectivity index (χ2v) is 6.36. The molecule has 0 aliphatic carbocycles. The number of benzene rings is 1. The summed E-state index contributed by atoms with van der Waals surface area (Å²) in [7, 11) is 0. The Morgan fingerprint density at radius 3 is 2.91 bits per heavy atom. The first-order valence-electron chi connectivity index (χ1n) is 8.15. The van der Waals surface area contributed by atoms with Crippen LogP contribution in [-0.2, 0) is 4.79 Å². The van der Waals surface area contributed by atoms with Crippen LogP contribution >= 0.6 is 0 Å². The highest BCUT2D eigenvalue weighted by Gasteiger charge is 2.22. The van der Waals surface area contributed by atoms with E-state index in [2.05, 4.69) is 17.6 Å². The van der Waals surface area contributed by atoms with E-state index < -0.39 is 17.7 Å². The molecule has 23 heavy (non-hydrogen) atoms. The normalized spacial score (nSPS) is 20.8. The molecule has 4 nitrogen and oxygen atoms in total. The number of carbonyl (C=O) groups excluding carboxylic acids is 1. The molecule has 0 saturated carbocycles. The molecule has 1 aliphatic rings. The van der Waals surface area contributed by atoms with E-state index >= 15 is 0 Å². The number of halogens is 2. The van der Waals surface area contributed by atoms with Gasteiger partial charge in [0.25, 0.3) is 0 Å². The molecule has 2 rings (SSSR count). The average molecular weight is 325 g/mol. The van der Waals surface area contributed by atoms with Gasteiger partial charge in [0, 0.05) is 24.6 Å². The number of carbonyl (C=O) groups is 1. The highest BCUT2D eigenvalue weighted by atomic mass is 19.1. The summed E-state index contributed by atoms with van der Waals surface area (Å²) in [5.41, 5.74) is 6.09. The van der Waals surface area contributed by atoms with Gasteiger partial charge in [0.2, 0.25) is 5.91 Å². The molecule has 0 bridgehead atoms. The number of rotatable bonds is 6. The molecule has 0 spiro atoms. The molecule has 128 valence electrons. The number of hydrogen-bond acceptors (Lipinski definition) is 3. The van der Waals surface area contributed by atoms with Crippen LogP contribution in [-0.4, -0.2) is 25.5 Å². The van der Waals surface area contributed by atoms with E-state index in [1.807, 2.05) is 0 Å². The highest BCUT2D eigenvalue weighted by molar-refractivity contribution is 5.76. The van der Waals surface area contributed by atoms with Gasteiger partial charge in [-0.1, -0.05) is 13.0 Å². The van der Waals surface area contributed by atoms with Crippen molar-refractivity contribution >= 4 is 5.91 Å². The van der Waals surface area contributed by atoms with Crippen LogP contribution in [0.4, 0.5) is 8.78 Å². The van der Waals surface area contributed by atoms with E-state index in [9.17, 15) is 13.6 Å². The largest absolute Gasteiger partial charge is 0.354 e. The summed E-state index contributed by atoms with van der Waals surface area (Å²) in [6, 6.07) is 2.59. The Bertz CT molecular complexity index is 533. The summed E-state index contributed by atoms with van der Waals surface area (Å²) < 4.78 is 26.5. The SMILES string of the molecule is CC(CC(=O)NCC(N)c1ccc(F)cc1F)C1CCCNC1. The van der Waals surface area contributed by atoms with Crippen LogP contribution in [0.5, 0.6) is 0 Å². The first-order valence-corrected chi connectivity index (χ1v) is 8.15. The third-order valence-electron chi connectivity index (χ3n) is 4.53. The topological polar surface area (TPSA) is 67.2 Å². The second-order valence-electron chi connectivity index (χ2n) is 6.36. The van der Waals surface area contributed by atoms with E-state index in [0.29, 0.717) is 18.3 Å². The standard InChI is InChI=1S/C17H25F2N3O/c1-11(12-3-2-6-21-9-12)7-17(23)22-10-16(20)14-5-4-13(18)8-15(14)19/h4-5,8,11-12,16,21H,2-3,6-7,9-10,20H2,1H3,(H,22,23). The van der Waals surface area contributed by atoms with Crippen molar-refractivity contribution in [1.29, 1.82) is 0 Å². The first-order chi connectivity index (χ1) is 11.0. The molecule has 0 aromatic heterocycles. The maximum absolute atomic E-state index is 13.6. The zero-order valence-electron chi connectivity index (χ0n) is 13.4. The fraction of sp³-hybridized carbons (Fsp3) is 0.588. The predicted molar refractivity (Wildman–Crippen MR) is 85.7 cm³/mol. The van der Waals surface area contributed by atoms with Gasteiger partial charge in [0.05, 0.1) is 6.04 Å². The Hall–Kier alpha value is -1.53. The fourth-order valence-electron chi connectivity index (χ4n) is 3.03. The maximum atomic E-state index is 13.6. The van der Waals surface area contributed by atoms with Crippen molar-refractivity contribution in [3.63, 3.8) is 0 Å². The molecular weight excluding hydrogens is 300 g/mol. The molecule has 1 aromatic carbocycles. The van der Waals surface area contributed by atoms with Crippen LogP contribution in [0.2, 0.25) is 0 Å². The second kappa shape index (κ2) is 8.36. The smallest absolute Gasteiger partial charge is 0.220 e. The molecule has 1 fully saturated rings. The number of amides is 1. The lowest BCUT2D eigenvalue weighted by molar-refractivity contribution is -0.122. The van der Waals surface area contributed by atoms with Crippen LogP contribution in [0.1, 0.15) is 37.8 Å². The Morgan fingerprint density at radius 1 is 1.48 bits per heavy atom. The van der Waals surface area contributed by atoms with Crippen molar-refractivity contribution in [3.05, 3.63) is 35.4 Å². The summed E-state index contributed by atoms with van der Waals surface area (Å²) in [6.45, 7) is 4.22. The Morgan fingerprint density at radius 2 is 2.26 bits per heavy atom. The van der Waals surface area contributed by atoms with Gasteiger partial charge in [-0.3, -0.25) is 4.79 Å². The van der Waals surface area contributed by atoms with E-state index in [1.54, 1.807) is 0 Å². The monoisotopic (exact) mass is 325 g/mol. The van der Waals surface area contributed by atoms with Crippen molar-refractivity contribution < 1.29 is 13.6 Å². The molecule has 1 heterocycles. The zero-order valence-corrected chi connectivity index (χ0v) is 13.4. The highest BCUT2D eigenvalue weighted by Crippen LogP contribution is 2.22. The van der Waals surface area contributed by atoms with Crippen molar-refractivity contribution in [2.24, 2.45) is 17.6 Å². The summed E-state index contributed by atoms with van der Waals surface area (Å²) in [5, 5.41) is 6.10. The van der Waals surface area contributed by atoms with Gasteiger partial charge in [-0.25, -0.2) is 8.78 Å². The minimum atomic E-state index is -0.689. The van der Waals surface area contributed by atoms with Crippen LogP contribution in [0.25, 0.3) is 0 Å². The van der Waals surface area contributed by atoms with Gasteiger partial charge in [0.1, 0.15) is 11.6 Å². The minimum Gasteiger partial charge on any atom is -0.354 e. The van der Waals surface area contributed by atoms with Gasteiger partial charge in [-0.15, -0.1) is 0 Å². The fourth-order valence-corrected chi connectivity index (χ4v) is 3.03. The Labute approximate surface area is 135 Å². The molecule has 1 aromatic rings. The molecule has 0 radical (unpaired) electrons. The molecule has 6 heteroatoms. The zero-order chi connectivity index (χ0) is 16.8. The van der Waals surface area contributed by atoms with E-state index in [1.165, 1.54) is 6.07 Å². The van der Waals surface area contributed by atoms with Gasteiger partial charge in [-0.05, 0) is 43.8 Å². The Balaban J connectivity index is 1.79. The van der Waals surface area contributed by atoms with Crippen LogP contribution in [0.15, 0.2) is 18.2 Å². The number of piperidine rings is 1. The summed E-state index contributed by atoms with van der Waals surface area (Å²) >= 11 is 0. The lowest BCUT2D eigenvalue weighted by Crippen LogP contribution is -2.37. The molecular formula is C17H25F2N3O. The quantitative estimate of drug-likeness (QED) is 0.750. The van der Waals surface area contributed by atoms with Gasteiger partial charge in [0.15, 0.2) is 0 Å². The van der Waals surface area contributed by atoms with Crippen molar-refractivity contribution in [2.75, 3.05) is 19.6 Å². The average Bonchev–Trinajstić information content (AvgIpc) is 2.53. The van der Waals surface area contributed by atoms with E-state index in [4.69, 9.17) is 5.73 Å². The lowest BCUT2D eigenvalue weighted by atomic mass is 9.85. The van der Waals surface area contributed by atoms with Crippen molar-refractivity contribution in [1.82, 2.24) is 10.6 Å². The third kappa shape index (κ3) is 5.25. The van der Waals surface area contributed by atoms with Crippen molar-refractivity contribution in [3.8, 4) is 0 Å². The first kappa shape index (κ1) is 17.8. The van der Waals surface area contributed by atoms with Crippen LogP contribution in [0.3, 0.4) is 0 Å². The van der Waals surface area contributed by atoms with Gasteiger partial charge < -0.3 is 16.4 Å². The summed E-state index contributed by atoms with van der Waals surface area (Å²) in [6.07, 6.45) is 2.72. The van der Waals surface area contributed by atoms with Gasteiger partial charge in [-0.2, -0.15) is 0 Å². The summed E-state index contributed by atoms with van der Waals surface area (Å²) in [4.78, 5) is 12.0.